The molecule has 1 heterocycles. The highest BCUT2D eigenvalue weighted by Gasteiger charge is 2.86. The molecule has 1 unspecified atom stereocenters. The Hall–Kier alpha value is -0.280. The van der Waals surface area contributed by atoms with E-state index in [-0.39, 0.29) is 64.8 Å². The first-order valence-corrected chi connectivity index (χ1v) is 12.6. The Balaban J connectivity index is 1.63. The maximum atomic E-state index is 12.6. The summed E-state index contributed by atoms with van der Waals surface area (Å²) in [5, 5.41) is 24.1. The lowest BCUT2D eigenvalue weighted by molar-refractivity contribution is -0.276. The van der Waals surface area contributed by atoms with Crippen molar-refractivity contribution in [2.45, 2.75) is 68.7 Å². The van der Waals surface area contributed by atoms with Gasteiger partial charge < -0.3 is 29.2 Å². The van der Waals surface area contributed by atoms with Crippen LogP contribution in [-0.2, 0) is 18.9 Å². The number of nitrogens with zero attached hydrogens (tertiary/aromatic N) is 1. The quantitative estimate of drug-likeness (QED) is 0.627. The molecular weight excluding hydrogens is 410 g/mol. The molecule has 0 aromatic rings. The number of hydrogen-bond acceptors (Lipinski definition) is 7. The summed E-state index contributed by atoms with van der Waals surface area (Å²) in [5.74, 6) is 0.310. The number of hydrogen-bond donors (Lipinski definition) is 2. The van der Waals surface area contributed by atoms with Crippen molar-refractivity contribution >= 4 is 0 Å². The van der Waals surface area contributed by atoms with Crippen LogP contribution in [-0.4, -0.2) is 99.3 Å². The molecular formula is C25H41NO6. The van der Waals surface area contributed by atoms with E-state index in [2.05, 4.69) is 11.8 Å². The Kier molecular flexibility index (Phi) is 4.94. The van der Waals surface area contributed by atoms with Gasteiger partial charge in [0.25, 0.3) is 0 Å². The van der Waals surface area contributed by atoms with Crippen LogP contribution in [0.25, 0.3) is 0 Å². The number of aliphatic hydroxyl groups is 2. The Morgan fingerprint density at radius 1 is 1.06 bits per heavy atom. The molecule has 5 saturated carbocycles. The van der Waals surface area contributed by atoms with Crippen molar-refractivity contribution in [3.63, 3.8) is 0 Å². The molecule has 6 fully saturated rings. The molecule has 5 aliphatic carbocycles. The van der Waals surface area contributed by atoms with Crippen molar-refractivity contribution in [1.82, 2.24) is 4.90 Å². The number of ether oxygens (including phenoxy) is 4. The van der Waals surface area contributed by atoms with E-state index < -0.39 is 11.7 Å². The summed E-state index contributed by atoms with van der Waals surface area (Å²) in [7, 11) is 7.23. The average Bonchev–Trinajstić information content (AvgIpc) is 3.19. The van der Waals surface area contributed by atoms with Crippen molar-refractivity contribution in [1.29, 1.82) is 0 Å². The van der Waals surface area contributed by atoms with Crippen molar-refractivity contribution in [3.8, 4) is 0 Å². The molecule has 0 radical (unpaired) electrons. The van der Waals surface area contributed by atoms with Crippen LogP contribution in [0.15, 0.2) is 0 Å². The molecule has 6 aliphatic rings. The molecule has 7 nitrogen and oxygen atoms in total. The van der Waals surface area contributed by atoms with Gasteiger partial charge in [-0.05, 0) is 31.7 Å². The minimum absolute atomic E-state index is 0.0234. The topological polar surface area (TPSA) is 80.6 Å². The molecule has 1 spiro atoms. The van der Waals surface area contributed by atoms with E-state index in [9.17, 15) is 10.2 Å². The highest BCUT2D eigenvalue weighted by Crippen LogP contribution is 2.79. The first-order chi connectivity index (χ1) is 15.4. The third-order valence-electron chi connectivity index (χ3n) is 11.4. The number of fused-ring (bicyclic) bond motifs is 2. The molecule has 1 aliphatic heterocycles. The molecule has 0 amide bonds. The van der Waals surface area contributed by atoms with Crippen LogP contribution in [0.1, 0.15) is 32.6 Å². The van der Waals surface area contributed by atoms with Gasteiger partial charge >= 0.3 is 0 Å². The molecule has 182 valence electrons. The number of piperidine rings is 1. The summed E-state index contributed by atoms with van der Waals surface area (Å²) >= 11 is 0. The Morgan fingerprint density at radius 2 is 1.84 bits per heavy atom. The van der Waals surface area contributed by atoms with E-state index in [1.54, 1.807) is 7.11 Å². The zero-order valence-electron chi connectivity index (χ0n) is 20.2. The van der Waals surface area contributed by atoms with E-state index >= 15 is 0 Å². The molecule has 0 aromatic heterocycles. The molecule has 6 rings (SSSR count). The van der Waals surface area contributed by atoms with Gasteiger partial charge in [-0.3, -0.25) is 4.90 Å². The average molecular weight is 452 g/mol. The number of aliphatic hydroxyl groups excluding tert-OH is 1. The van der Waals surface area contributed by atoms with Crippen LogP contribution in [0.4, 0.5) is 0 Å². The van der Waals surface area contributed by atoms with Gasteiger partial charge in [-0.25, -0.2) is 0 Å². The van der Waals surface area contributed by atoms with Crippen LogP contribution in [0, 0.1) is 40.4 Å². The van der Waals surface area contributed by atoms with Gasteiger partial charge in [-0.1, -0.05) is 6.92 Å². The van der Waals surface area contributed by atoms with Crippen LogP contribution in [0.3, 0.4) is 0 Å². The summed E-state index contributed by atoms with van der Waals surface area (Å²) in [4.78, 5) is 2.62. The lowest BCUT2D eigenvalue weighted by atomic mass is 9.43. The minimum Gasteiger partial charge on any atom is -0.392 e. The minimum atomic E-state index is -0.999. The number of rotatable bonds is 6. The summed E-state index contributed by atoms with van der Waals surface area (Å²) in [6.07, 6.45) is 2.89. The van der Waals surface area contributed by atoms with Crippen molar-refractivity contribution in [3.05, 3.63) is 0 Å². The summed E-state index contributed by atoms with van der Waals surface area (Å²) in [6.45, 7) is 4.86. The van der Waals surface area contributed by atoms with Crippen molar-refractivity contribution < 1.29 is 29.2 Å². The Bertz CT molecular complexity index is 767. The van der Waals surface area contributed by atoms with E-state index in [0.717, 1.165) is 32.4 Å². The van der Waals surface area contributed by atoms with Crippen molar-refractivity contribution in [2.24, 2.45) is 40.4 Å². The standard InChI is InChI=1S/C25H41NO6/c1-6-26-11-23(12-29-2)8-7-16(31-4)25-14-9-13-15(30-3)10-24(28,17(14)19(13)27)18(22(25)26)20(32-5)21(23)25/h13-22,27-28H,6-12H2,1-5H3/t13-,14-,15+,16+,17-,18+,19+,20+,21-,22?,23+,24-,25+/m1/s1. The van der Waals surface area contributed by atoms with Gasteiger partial charge in [0.1, 0.15) is 0 Å². The predicted molar refractivity (Wildman–Crippen MR) is 117 cm³/mol. The van der Waals surface area contributed by atoms with Gasteiger partial charge in [0, 0.05) is 81.9 Å². The molecule has 0 aromatic carbocycles. The lowest BCUT2D eigenvalue weighted by Crippen LogP contribution is -2.76. The third kappa shape index (κ3) is 2.19. The monoisotopic (exact) mass is 451 g/mol. The lowest BCUT2D eigenvalue weighted by Gasteiger charge is -2.69. The molecule has 1 saturated heterocycles. The smallest absolute Gasteiger partial charge is 0.0796 e. The van der Waals surface area contributed by atoms with Crippen molar-refractivity contribution in [2.75, 3.05) is 48.1 Å². The highest BCUT2D eigenvalue weighted by atomic mass is 16.5. The fourth-order valence-corrected chi connectivity index (χ4v) is 11.0. The summed E-state index contributed by atoms with van der Waals surface area (Å²) in [6, 6.07) is 0.186. The van der Waals surface area contributed by atoms with Gasteiger partial charge in [0.15, 0.2) is 0 Å². The fraction of sp³-hybridized carbons (Fsp3) is 1.00. The zero-order valence-corrected chi connectivity index (χ0v) is 20.2. The third-order valence-corrected chi connectivity index (χ3v) is 11.4. The summed E-state index contributed by atoms with van der Waals surface area (Å²) in [5.41, 5.74) is -1.18. The van der Waals surface area contributed by atoms with Gasteiger partial charge in [0.05, 0.1) is 36.6 Å². The SMILES string of the molecule is CCN1C[C@]2(COC)CC[C@H](OC)[C@]34C1[C@H]([C@H](OC)[C@H]23)[C@@]1(O)C[C@H](OC)[C@H]2C[C@@H]4[C@@H]1[C@H]2O. The van der Waals surface area contributed by atoms with Gasteiger partial charge in [-0.15, -0.1) is 0 Å². The molecule has 7 bridgehead atoms. The largest absolute Gasteiger partial charge is 0.392 e. The van der Waals surface area contributed by atoms with E-state index in [1.807, 2.05) is 21.3 Å². The highest BCUT2D eigenvalue weighted by molar-refractivity contribution is 5.35. The first kappa shape index (κ1) is 22.2. The van der Waals surface area contributed by atoms with Crippen LogP contribution >= 0.6 is 0 Å². The molecule has 32 heavy (non-hydrogen) atoms. The maximum Gasteiger partial charge on any atom is 0.0796 e. The maximum absolute atomic E-state index is 12.6. The number of methoxy groups -OCH3 is 4. The van der Waals surface area contributed by atoms with Crippen LogP contribution < -0.4 is 0 Å². The van der Waals surface area contributed by atoms with E-state index in [0.29, 0.717) is 13.0 Å². The number of likely N-dealkylation sites (tertiary alicyclic amines) is 1. The molecule has 13 atom stereocenters. The predicted octanol–water partition coefficient (Wildman–Crippen LogP) is 1.16. The second-order valence-corrected chi connectivity index (χ2v) is 11.8. The first-order valence-electron chi connectivity index (χ1n) is 12.6. The van der Waals surface area contributed by atoms with E-state index in [1.165, 1.54) is 0 Å². The normalized spacial score (nSPS) is 60.1. The Labute approximate surface area is 191 Å². The summed E-state index contributed by atoms with van der Waals surface area (Å²) < 4.78 is 24.5. The second kappa shape index (κ2) is 7.12. The second-order valence-electron chi connectivity index (χ2n) is 11.8. The van der Waals surface area contributed by atoms with Crippen LogP contribution in [0.5, 0.6) is 0 Å². The molecule has 2 N–H and O–H groups in total. The van der Waals surface area contributed by atoms with Gasteiger partial charge in [-0.2, -0.15) is 0 Å². The fourth-order valence-electron chi connectivity index (χ4n) is 11.0. The van der Waals surface area contributed by atoms with E-state index in [4.69, 9.17) is 18.9 Å². The zero-order chi connectivity index (χ0) is 22.6. The Morgan fingerprint density at radius 3 is 2.47 bits per heavy atom. The van der Waals surface area contributed by atoms with Gasteiger partial charge in [0.2, 0.25) is 0 Å². The molecule has 7 heteroatoms. The van der Waals surface area contributed by atoms with Crippen LogP contribution in [0.2, 0.25) is 0 Å².